The van der Waals surface area contributed by atoms with Crippen LogP contribution in [0.15, 0.2) is 18.2 Å². The predicted octanol–water partition coefficient (Wildman–Crippen LogP) is 6.92. The van der Waals surface area contributed by atoms with Crippen LogP contribution in [-0.4, -0.2) is 42.6 Å². The Morgan fingerprint density at radius 3 is 2.24 bits per heavy atom. The van der Waals surface area contributed by atoms with Gasteiger partial charge in [0.05, 0.1) is 16.7 Å². The Hall–Kier alpha value is -4.07. The number of hydrogen-bond acceptors (Lipinski definition) is 5. The maximum Gasteiger partial charge on any atom is 0.303 e. The summed E-state index contributed by atoms with van der Waals surface area (Å²) >= 11 is 0. The van der Waals surface area contributed by atoms with Crippen molar-refractivity contribution in [3.8, 4) is 0 Å². The molecule has 0 fully saturated rings. The highest BCUT2D eigenvalue weighted by Gasteiger charge is 2.36. The van der Waals surface area contributed by atoms with E-state index in [2.05, 4.69) is 36.8 Å². The highest BCUT2D eigenvalue weighted by molar-refractivity contribution is 6.13. The number of rotatable bonds is 5. The number of nitrogens with one attached hydrogen (secondary N) is 2. The number of Topliss-reactive ketones (excluding diaryl/α,β-unsaturated/α-hetero) is 2. The first-order valence-electron chi connectivity index (χ1n) is 14.5. The lowest BCUT2D eigenvalue weighted by Gasteiger charge is -2.16. The van der Waals surface area contributed by atoms with Crippen molar-refractivity contribution in [2.45, 2.75) is 90.9 Å². The van der Waals surface area contributed by atoms with Crippen molar-refractivity contribution >= 4 is 39.6 Å². The van der Waals surface area contributed by atoms with E-state index in [0.717, 1.165) is 68.0 Å². The Morgan fingerprint density at radius 2 is 1.56 bits per heavy atom. The van der Waals surface area contributed by atoms with Crippen LogP contribution in [0, 0.1) is 13.8 Å². The standard InChI is InChI=1S/C33H36N4O4/c1-7-19-14(2)22-13-27-30(18(6)38)16(4)24(35-27)11-23-15(3)20(8-9-29(40)41)32(36-23)21-10-28(39)31-17(5)25(37-33(21)31)12-26(19)34-22/h11-15,19-20,35,37H,7-10H2,1-6H3,(H,40,41)/t14-,15+,19-,20+/m1/s1. The zero-order chi connectivity index (χ0) is 29.3. The van der Waals surface area contributed by atoms with E-state index in [1.54, 1.807) is 6.92 Å². The topological polar surface area (TPSA) is 129 Å². The third-order valence-corrected chi connectivity index (χ3v) is 9.55. The molecular weight excluding hydrogens is 516 g/mol. The van der Waals surface area contributed by atoms with E-state index >= 15 is 0 Å². The predicted molar refractivity (Wildman–Crippen MR) is 158 cm³/mol. The minimum atomic E-state index is -0.854. The average Bonchev–Trinajstić information content (AvgIpc) is 3.65. The average molecular weight is 553 g/mol. The summed E-state index contributed by atoms with van der Waals surface area (Å²) in [4.78, 5) is 55.0. The summed E-state index contributed by atoms with van der Waals surface area (Å²) < 4.78 is 0. The van der Waals surface area contributed by atoms with Crippen molar-refractivity contribution in [2.75, 3.05) is 0 Å². The molecule has 0 spiro atoms. The fraction of sp³-hybridized carbons (Fsp3) is 0.424. The number of carbonyl (C=O) groups is 3. The molecule has 5 heterocycles. The Kier molecular flexibility index (Phi) is 6.47. The second kappa shape index (κ2) is 9.79. The molecular formula is C33H36N4O4. The van der Waals surface area contributed by atoms with E-state index in [-0.39, 0.29) is 48.1 Å². The molecule has 8 heteroatoms. The summed E-state index contributed by atoms with van der Waals surface area (Å²) in [5.41, 5.74) is 10.6. The van der Waals surface area contributed by atoms with Gasteiger partial charge in [-0.2, -0.15) is 0 Å². The SMILES string of the molecule is CC[C@H]1c2cc3[nH]c4c(c5nc(cc6[nH]c(cc(n2)[C@@H]1C)c(C(C)=O)c6C)[C@@H](C)[C@@H]5CCC(=O)O)CC(=O)c4c3C. The molecule has 0 saturated heterocycles. The summed E-state index contributed by atoms with van der Waals surface area (Å²) in [6, 6.07) is 6.06. The Labute approximate surface area is 238 Å². The number of aliphatic carboxylic acids is 1. The van der Waals surface area contributed by atoms with E-state index in [4.69, 9.17) is 9.97 Å². The quantitative estimate of drug-likeness (QED) is 0.295. The first-order valence-corrected chi connectivity index (χ1v) is 14.5. The number of carboxylic acids is 1. The van der Waals surface area contributed by atoms with Crippen LogP contribution >= 0.6 is 0 Å². The number of ketones is 2. The van der Waals surface area contributed by atoms with Crippen molar-refractivity contribution in [2.24, 2.45) is 0 Å². The number of fused-ring (bicyclic) bond motifs is 8. The lowest BCUT2D eigenvalue weighted by atomic mass is 9.85. The number of H-pyrrole nitrogens is 2. The molecule has 2 aliphatic heterocycles. The molecule has 41 heavy (non-hydrogen) atoms. The molecule has 0 amide bonds. The van der Waals surface area contributed by atoms with Crippen molar-refractivity contribution < 1.29 is 19.5 Å². The Bertz CT molecular complexity index is 1810. The summed E-state index contributed by atoms with van der Waals surface area (Å²) in [7, 11) is 0. The third kappa shape index (κ3) is 4.23. The van der Waals surface area contributed by atoms with E-state index in [0.29, 0.717) is 17.5 Å². The van der Waals surface area contributed by atoms with E-state index < -0.39 is 5.97 Å². The minimum absolute atomic E-state index is 0.0162. The molecule has 0 saturated carbocycles. The number of hydrogen-bond donors (Lipinski definition) is 3. The van der Waals surface area contributed by atoms with Gasteiger partial charge in [-0.1, -0.05) is 20.8 Å². The third-order valence-electron chi connectivity index (χ3n) is 9.55. The lowest BCUT2D eigenvalue weighted by molar-refractivity contribution is -0.137. The first-order chi connectivity index (χ1) is 19.5. The van der Waals surface area contributed by atoms with Gasteiger partial charge in [-0.25, -0.2) is 0 Å². The van der Waals surface area contributed by atoms with Crippen LogP contribution in [0.3, 0.4) is 0 Å². The molecule has 212 valence electrons. The molecule has 8 nitrogen and oxygen atoms in total. The zero-order valence-corrected chi connectivity index (χ0v) is 24.4. The summed E-state index contributed by atoms with van der Waals surface area (Å²) in [5.74, 6) is -0.666. The van der Waals surface area contributed by atoms with Gasteiger partial charge >= 0.3 is 5.97 Å². The Balaban J connectivity index is 1.76. The fourth-order valence-corrected chi connectivity index (χ4v) is 7.23. The van der Waals surface area contributed by atoms with Crippen LogP contribution in [0.5, 0.6) is 0 Å². The van der Waals surface area contributed by atoms with Gasteiger partial charge in [-0.3, -0.25) is 24.4 Å². The second-order valence-corrected chi connectivity index (χ2v) is 11.9. The first kappa shape index (κ1) is 27.1. The van der Waals surface area contributed by atoms with Gasteiger partial charge in [0.25, 0.3) is 0 Å². The van der Waals surface area contributed by atoms with Crippen molar-refractivity contribution in [3.63, 3.8) is 0 Å². The smallest absolute Gasteiger partial charge is 0.303 e. The number of aromatic nitrogens is 4. The van der Waals surface area contributed by atoms with Crippen LogP contribution in [-0.2, 0) is 11.2 Å². The van der Waals surface area contributed by atoms with Crippen LogP contribution in [0.1, 0.15) is 131 Å². The molecule has 0 unspecified atom stereocenters. The maximum atomic E-state index is 13.4. The van der Waals surface area contributed by atoms with Crippen LogP contribution in [0.2, 0.25) is 0 Å². The van der Waals surface area contributed by atoms with E-state index in [9.17, 15) is 19.5 Å². The Morgan fingerprint density at radius 1 is 0.927 bits per heavy atom. The molecule has 3 aromatic heterocycles. The normalized spacial score (nSPS) is 21.5. The molecule has 8 bridgehead atoms. The van der Waals surface area contributed by atoms with Gasteiger partial charge in [0, 0.05) is 81.3 Å². The molecule has 4 atom stereocenters. The number of carbonyl (C=O) groups excluding carboxylic acids is 2. The molecule has 0 aromatic carbocycles. The molecule has 3 aromatic rings. The van der Waals surface area contributed by atoms with Crippen LogP contribution in [0.25, 0.3) is 22.1 Å². The molecule has 6 rings (SSSR count). The molecule has 1 aliphatic carbocycles. The minimum Gasteiger partial charge on any atom is -0.481 e. The van der Waals surface area contributed by atoms with Crippen LogP contribution in [0.4, 0.5) is 0 Å². The lowest BCUT2D eigenvalue weighted by Crippen LogP contribution is -2.08. The number of carboxylic acid groups (broad SMARTS) is 1. The summed E-state index contributed by atoms with van der Waals surface area (Å²) in [6.45, 7) is 11.9. The summed E-state index contributed by atoms with van der Waals surface area (Å²) in [5, 5.41) is 9.50. The van der Waals surface area contributed by atoms with Gasteiger partial charge in [0.15, 0.2) is 11.6 Å². The highest BCUT2D eigenvalue weighted by Crippen LogP contribution is 2.45. The van der Waals surface area contributed by atoms with E-state index in [1.807, 2.05) is 26.0 Å². The van der Waals surface area contributed by atoms with E-state index in [1.165, 1.54) is 0 Å². The number of aromatic amines is 2. The maximum absolute atomic E-state index is 13.4. The largest absolute Gasteiger partial charge is 0.481 e. The van der Waals surface area contributed by atoms with Crippen molar-refractivity contribution in [1.82, 2.24) is 19.9 Å². The monoisotopic (exact) mass is 552 g/mol. The van der Waals surface area contributed by atoms with Gasteiger partial charge in [0.2, 0.25) is 0 Å². The molecule has 3 aliphatic rings. The van der Waals surface area contributed by atoms with Crippen molar-refractivity contribution in [1.29, 1.82) is 0 Å². The van der Waals surface area contributed by atoms with Gasteiger partial charge in [-0.05, 0) is 62.9 Å². The zero-order valence-electron chi connectivity index (χ0n) is 24.4. The van der Waals surface area contributed by atoms with Gasteiger partial charge < -0.3 is 15.1 Å². The fourth-order valence-electron chi connectivity index (χ4n) is 7.23. The number of nitrogens with zero attached hydrogens (tertiary/aromatic N) is 2. The second-order valence-electron chi connectivity index (χ2n) is 11.9. The number of aryl methyl sites for hydroxylation is 2. The van der Waals surface area contributed by atoms with Crippen LogP contribution < -0.4 is 0 Å². The highest BCUT2D eigenvalue weighted by atomic mass is 16.4. The summed E-state index contributed by atoms with van der Waals surface area (Å²) in [6.07, 6.45) is 1.59. The van der Waals surface area contributed by atoms with Gasteiger partial charge in [0.1, 0.15) is 0 Å². The molecule has 3 N–H and O–H groups in total. The molecule has 0 radical (unpaired) electrons. The van der Waals surface area contributed by atoms with Crippen molar-refractivity contribution in [3.05, 3.63) is 68.8 Å². The van der Waals surface area contributed by atoms with Gasteiger partial charge in [-0.15, -0.1) is 0 Å².